The molecule has 140 valence electrons. The second-order valence-electron chi connectivity index (χ2n) is 6.54. The summed E-state index contributed by atoms with van der Waals surface area (Å²) in [6.45, 7) is 7.96. The van der Waals surface area contributed by atoms with Gasteiger partial charge in [-0.05, 0) is 18.8 Å². The summed E-state index contributed by atoms with van der Waals surface area (Å²) >= 11 is 0. The molecule has 1 aliphatic rings. The first-order valence-corrected chi connectivity index (χ1v) is 9.01. The summed E-state index contributed by atoms with van der Waals surface area (Å²) in [5, 5.41) is 21.6. The Balaban J connectivity index is 2.02. The molecule has 5 N–H and O–H groups in total. The molecular formula is C16H30N8O. The Hall–Kier alpha value is -2.16. The van der Waals surface area contributed by atoms with Crippen molar-refractivity contribution < 1.29 is 4.79 Å². The maximum atomic E-state index is 13.0. The van der Waals surface area contributed by atoms with E-state index in [2.05, 4.69) is 34.8 Å². The lowest BCUT2D eigenvalue weighted by Crippen LogP contribution is -2.49. The molecule has 1 amide bonds. The zero-order valence-corrected chi connectivity index (χ0v) is 15.2. The van der Waals surface area contributed by atoms with Gasteiger partial charge in [0, 0.05) is 38.9 Å². The maximum absolute atomic E-state index is 13.0. The number of aryl methyl sites for hydroxylation is 1. The highest BCUT2D eigenvalue weighted by Crippen LogP contribution is 2.23. The van der Waals surface area contributed by atoms with E-state index in [4.69, 9.17) is 11.1 Å². The molecule has 0 aliphatic carbocycles. The van der Waals surface area contributed by atoms with Crippen molar-refractivity contribution in [2.24, 2.45) is 11.7 Å². The van der Waals surface area contributed by atoms with Crippen LogP contribution in [0.5, 0.6) is 0 Å². The average Bonchev–Trinajstić information content (AvgIpc) is 3.07. The van der Waals surface area contributed by atoms with Gasteiger partial charge in [-0.25, -0.2) is 4.68 Å². The van der Waals surface area contributed by atoms with Gasteiger partial charge in [-0.1, -0.05) is 25.5 Å². The number of nitrogens with zero attached hydrogens (tertiary/aromatic N) is 4. The van der Waals surface area contributed by atoms with E-state index >= 15 is 0 Å². The van der Waals surface area contributed by atoms with Crippen LogP contribution >= 0.6 is 0 Å². The maximum Gasteiger partial charge on any atom is 0.247 e. The van der Waals surface area contributed by atoms with E-state index in [1.165, 1.54) is 0 Å². The first-order valence-electron chi connectivity index (χ1n) is 9.01. The number of hydrogen-bond acceptors (Lipinski definition) is 5. The zero-order valence-electron chi connectivity index (χ0n) is 15.2. The summed E-state index contributed by atoms with van der Waals surface area (Å²) in [4.78, 5) is 14.9. The van der Waals surface area contributed by atoms with Crippen LogP contribution in [0.3, 0.4) is 0 Å². The minimum Gasteiger partial charge on any atom is -0.370 e. The fraction of sp³-hybridized carbons (Fsp3) is 0.750. The molecule has 0 radical (unpaired) electrons. The highest BCUT2D eigenvalue weighted by Gasteiger charge is 2.31. The number of carbonyl (C=O) groups excluding carboxylic acids is 1. The number of hydrogen-bond donors (Lipinski definition) is 4. The van der Waals surface area contributed by atoms with E-state index in [9.17, 15) is 4.79 Å². The molecule has 0 aromatic carbocycles. The topological polar surface area (TPSA) is 125 Å². The van der Waals surface area contributed by atoms with Crippen molar-refractivity contribution in [3.63, 3.8) is 0 Å². The molecular weight excluding hydrogens is 320 g/mol. The predicted molar refractivity (Wildman–Crippen MR) is 96.2 cm³/mol. The van der Waals surface area contributed by atoms with E-state index in [0.717, 1.165) is 51.1 Å². The molecule has 1 aliphatic heterocycles. The minimum atomic E-state index is -0.306. The van der Waals surface area contributed by atoms with Crippen LogP contribution < -0.4 is 16.4 Å². The molecule has 1 fully saturated rings. The number of aromatic nitrogens is 3. The van der Waals surface area contributed by atoms with Crippen LogP contribution in [0.1, 0.15) is 38.4 Å². The zero-order chi connectivity index (χ0) is 18.2. The lowest BCUT2D eigenvalue weighted by Gasteiger charge is -2.32. The second-order valence-corrected chi connectivity index (χ2v) is 6.54. The Morgan fingerprint density at radius 1 is 1.48 bits per heavy atom. The van der Waals surface area contributed by atoms with Crippen molar-refractivity contribution in [3.8, 4) is 0 Å². The summed E-state index contributed by atoms with van der Waals surface area (Å²) in [7, 11) is 0. The summed E-state index contributed by atoms with van der Waals surface area (Å²) in [5.74, 6) is 0.295. The summed E-state index contributed by atoms with van der Waals surface area (Å²) in [6.07, 6.45) is 4.32. The molecule has 2 rings (SSSR count). The van der Waals surface area contributed by atoms with Crippen LogP contribution in [0.4, 0.5) is 0 Å². The van der Waals surface area contributed by atoms with Crippen LogP contribution in [0, 0.1) is 11.3 Å². The first-order chi connectivity index (χ1) is 12.0. The monoisotopic (exact) mass is 350 g/mol. The van der Waals surface area contributed by atoms with Crippen molar-refractivity contribution in [2.45, 2.75) is 39.2 Å². The van der Waals surface area contributed by atoms with Gasteiger partial charge in [-0.15, -0.1) is 5.10 Å². The van der Waals surface area contributed by atoms with Crippen molar-refractivity contribution in [1.29, 1.82) is 5.41 Å². The SMILES string of the molecule is CCC(C)[C@@H](C(=O)N1CCNCC1)n1cc(CCCNC(=N)N)nn1. The van der Waals surface area contributed by atoms with Crippen molar-refractivity contribution in [3.05, 3.63) is 11.9 Å². The Bertz CT molecular complexity index is 566. The van der Waals surface area contributed by atoms with Gasteiger partial charge >= 0.3 is 0 Å². The van der Waals surface area contributed by atoms with Crippen LogP contribution in [-0.4, -0.2) is 64.5 Å². The number of carbonyl (C=O) groups is 1. The Kier molecular flexibility index (Phi) is 7.17. The Labute approximate surface area is 148 Å². The molecule has 1 aromatic rings. The number of nitrogens with one attached hydrogen (secondary N) is 3. The van der Waals surface area contributed by atoms with E-state index in [1.54, 1.807) is 4.68 Å². The Morgan fingerprint density at radius 2 is 2.20 bits per heavy atom. The van der Waals surface area contributed by atoms with E-state index < -0.39 is 0 Å². The molecule has 1 aromatic heterocycles. The molecule has 1 saturated heterocycles. The van der Waals surface area contributed by atoms with Crippen molar-refractivity contribution in [1.82, 2.24) is 30.5 Å². The smallest absolute Gasteiger partial charge is 0.247 e. The lowest BCUT2D eigenvalue weighted by molar-refractivity contribution is -0.137. The van der Waals surface area contributed by atoms with E-state index in [1.807, 2.05) is 11.1 Å². The van der Waals surface area contributed by atoms with Crippen LogP contribution in [0.25, 0.3) is 0 Å². The third-order valence-corrected chi connectivity index (χ3v) is 4.63. The highest BCUT2D eigenvalue weighted by atomic mass is 16.2. The fourth-order valence-electron chi connectivity index (χ4n) is 2.97. The second kappa shape index (κ2) is 9.36. The number of guanidine groups is 1. The summed E-state index contributed by atoms with van der Waals surface area (Å²) in [6, 6.07) is -0.306. The average molecular weight is 350 g/mol. The standard InChI is InChI=1S/C16H30N8O/c1-3-12(2)14(15(25)23-9-7-19-8-10-23)24-11-13(21-22-24)5-4-6-20-16(17)18/h11-12,14,19H,3-10H2,1-2H3,(H4,17,18,20)/t12?,14-/m0/s1. The number of piperazine rings is 1. The number of amides is 1. The van der Waals surface area contributed by atoms with Crippen molar-refractivity contribution in [2.75, 3.05) is 32.7 Å². The van der Waals surface area contributed by atoms with Crippen molar-refractivity contribution >= 4 is 11.9 Å². The van der Waals surface area contributed by atoms with E-state index in [-0.39, 0.29) is 23.8 Å². The minimum absolute atomic E-state index is 0.0258. The first kappa shape index (κ1) is 19.2. The third kappa shape index (κ3) is 5.42. The fourth-order valence-corrected chi connectivity index (χ4v) is 2.97. The molecule has 2 atom stereocenters. The van der Waals surface area contributed by atoms with Crippen LogP contribution in [0.15, 0.2) is 6.20 Å². The van der Waals surface area contributed by atoms with Gasteiger partial charge in [0.15, 0.2) is 5.96 Å². The van der Waals surface area contributed by atoms with Gasteiger partial charge in [-0.3, -0.25) is 10.2 Å². The molecule has 1 unspecified atom stereocenters. The summed E-state index contributed by atoms with van der Waals surface area (Å²) in [5.41, 5.74) is 6.12. The predicted octanol–water partition coefficient (Wildman–Crippen LogP) is -0.287. The number of rotatable bonds is 8. The van der Waals surface area contributed by atoms with Crippen LogP contribution in [0.2, 0.25) is 0 Å². The molecule has 2 heterocycles. The summed E-state index contributed by atoms with van der Waals surface area (Å²) < 4.78 is 1.73. The third-order valence-electron chi connectivity index (χ3n) is 4.63. The highest BCUT2D eigenvalue weighted by molar-refractivity contribution is 5.80. The van der Waals surface area contributed by atoms with Gasteiger partial charge in [-0.2, -0.15) is 0 Å². The molecule has 0 bridgehead atoms. The van der Waals surface area contributed by atoms with E-state index in [0.29, 0.717) is 6.54 Å². The normalized spacial score (nSPS) is 17.1. The number of nitrogens with two attached hydrogens (primary N) is 1. The quantitative estimate of drug-likeness (QED) is 0.290. The van der Waals surface area contributed by atoms with Gasteiger partial charge in [0.25, 0.3) is 0 Å². The molecule has 9 heteroatoms. The van der Waals surface area contributed by atoms with Gasteiger partial charge in [0.05, 0.1) is 5.69 Å². The van der Waals surface area contributed by atoms with Gasteiger partial charge < -0.3 is 21.3 Å². The van der Waals surface area contributed by atoms with Gasteiger partial charge in [0.1, 0.15) is 6.04 Å². The Morgan fingerprint density at radius 3 is 2.84 bits per heavy atom. The molecule has 9 nitrogen and oxygen atoms in total. The van der Waals surface area contributed by atoms with Crippen LogP contribution in [-0.2, 0) is 11.2 Å². The lowest BCUT2D eigenvalue weighted by atomic mass is 9.97. The molecule has 0 spiro atoms. The van der Waals surface area contributed by atoms with Gasteiger partial charge in [0.2, 0.25) is 5.91 Å². The largest absolute Gasteiger partial charge is 0.370 e. The molecule has 0 saturated carbocycles. The molecule has 25 heavy (non-hydrogen) atoms.